The average Bonchev–Trinajstić information content (AvgIpc) is 2.45. The van der Waals surface area contributed by atoms with E-state index >= 15 is 0 Å². The van der Waals surface area contributed by atoms with Gasteiger partial charge in [-0.15, -0.1) is 0 Å². The van der Waals surface area contributed by atoms with E-state index in [1.807, 2.05) is 0 Å². The first kappa shape index (κ1) is 17.3. The summed E-state index contributed by atoms with van der Waals surface area (Å²) in [5.41, 5.74) is 0.434. The summed E-state index contributed by atoms with van der Waals surface area (Å²) >= 11 is 5.94. The van der Waals surface area contributed by atoms with Crippen molar-refractivity contribution < 1.29 is 19.8 Å². The number of carboxylic acids is 1. The fourth-order valence-corrected chi connectivity index (χ4v) is 1.93. The maximum Gasteiger partial charge on any atom is 0.335 e. The Morgan fingerprint density at radius 3 is 2.57 bits per heavy atom. The van der Waals surface area contributed by atoms with E-state index in [9.17, 15) is 9.59 Å². The third-order valence-electron chi connectivity index (χ3n) is 2.96. The highest BCUT2D eigenvalue weighted by Crippen LogP contribution is 2.23. The number of unbranched alkanes of at least 4 members (excludes halogenated alkanes) is 2. The van der Waals surface area contributed by atoms with Crippen LogP contribution in [0.4, 0.5) is 10.5 Å². The second kappa shape index (κ2) is 8.49. The molecule has 7 heteroatoms. The van der Waals surface area contributed by atoms with Gasteiger partial charge < -0.3 is 20.4 Å². The topological polar surface area (TPSA) is 89.9 Å². The maximum atomic E-state index is 11.9. The van der Waals surface area contributed by atoms with E-state index in [1.165, 1.54) is 23.1 Å². The number of hydrogen-bond donors (Lipinski definition) is 3. The van der Waals surface area contributed by atoms with Crippen LogP contribution >= 0.6 is 11.6 Å². The van der Waals surface area contributed by atoms with Gasteiger partial charge >= 0.3 is 12.0 Å². The van der Waals surface area contributed by atoms with Gasteiger partial charge in [-0.3, -0.25) is 0 Å². The first-order valence-corrected chi connectivity index (χ1v) is 6.99. The van der Waals surface area contributed by atoms with Crippen molar-refractivity contribution in [1.82, 2.24) is 4.90 Å². The molecule has 0 atom stereocenters. The van der Waals surface area contributed by atoms with Crippen LogP contribution in [0.25, 0.3) is 0 Å². The second-order valence-electron chi connectivity index (χ2n) is 4.64. The molecule has 116 valence electrons. The van der Waals surface area contributed by atoms with Crippen molar-refractivity contribution >= 4 is 29.3 Å². The molecular formula is C14H19ClN2O4. The number of aliphatic hydroxyl groups is 1. The van der Waals surface area contributed by atoms with Crippen molar-refractivity contribution in [3.05, 3.63) is 28.8 Å². The summed E-state index contributed by atoms with van der Waals surface area (Å²) in [5.74, 6) is -1.07. The van der Waals surface area contributed by atoms with Crippen LogP contribution in [-0.2, 0) is 0 Å². The number of rotatable bonds is 7. The highest BCUT2D eigenvalue weighted by Gasteiger charge is 2.12. The molecule has 0 saturated carbocycles. The van der Waals surface area contributed by atoms with Crippen LogP contribution < -0.4 is 5.32 Å². The summed E-state index contributed by atoms with van der Waals surface area (Å²) in [5, 5.41) is 20.3. The molecule has 0 aliphatic rings. The van der Waals surface area contributed by atoms with Crippen molar-refractivity contribution in [3.63, 3.8) is 0 Å². The van der Waals surface area contributed by atoms with Crippen LogP contribution in [0.2, 0.25) is 5.02 Å². The second-order valence-corrected chi connectivity index (χ2v) is 5.04. The van der Waals surface area contributed by atoms with E-state index in [1.54, 1.807) is 7.05 Å². The molecule has 3 N–H and O–H groups in total. The summed E-state index contributed by atoms with van der Waals surface area (Å²) in [4.78, 5) is 24.2. The minimum atomic E-state index is -1.07. The van der Waals surface area contributed by atoms with Gasteiger partial charge in [0.05, 0.1) is 16.3 Å². The van der Waals surface area contributed by atoms with E-state index in [2.05, 4.69) is 5.32 Å². The highest BCUT2D eigenvalue weighted by atomic mass is 35.5. The number of carboxylic acid groups (broad SMARTS) is 1. The molecule has 0 heterocycles. The van der Waals surface area contributed by atoms with E-state index < -0.39 is 5.97 Å². The zero-order valence-corrected chi connectivity index (χ0v) is 12.6. The third kappa shape index (κ3) is 5.61. The molecular weight excluding hydrogens is 296 g/mol. The fraction of sp³-hybridized carbons (Fsp3) is 0.429. The zero-order valence-electron chi connectivity index (χ0n) is 11.8. The van der Waals surface area contributed by atoms with Gasteiger partial charge in [-0.05, 0) is 37.5 Å². The molecule has 6 nitrogen and oxygen atoms in total. The lowest BCUT2D eigenvalue weighted by Crippen LogP contribution is -2.32. The van der Waals surface area contributed by atoms with Crippen molar-refractivity contribution in [2.24, 2.45) is 0 Å². The zero-order chi connectivity index (χ0) is 15.8. The van der Waals surface area contributed by atoms with Crippen LogP contribution in [0.5, 0.6) is 0 Å². The first-order chi connectivity index (χ1) is 9.95. The lowest BCUT2D eigenvalue weighted by molar-refractivity contribution is 0.0697. The molecule has 1 aromatic carbocycles. The summed E-state index contributed by atoms with van der Waals surface area (Å²) in [6, 6.07) is 3.82. The van der Waals surface area contributed by atoms with Gasteiger partial charge in [0, 0.05) is 20.2 Å². The molecule has 0 saturated heterocycles. The molecule has 0 bridgehead atoms. The molecule has 1 rings (SSSR count). The number of carbonyl (C=O) groups is 2. The molecule has 0 radical (unpaired) electrons. The molecule has 0 aromatic heterocycles. The van der Waals surface area contributed by atoms with Crippen molar-refractivity contribution in [1.29, 1.82) is 0 Å². The van der Waals surface area contributed by atoms with E-state index in [4.69, 9.17) is 21.8 Å². The molecule has 0 aliphatic heterocycles. The molecule has 0 spiro atoms. The van der Waals surface area contributed by atoms with Crippen LogP contribution in [0.1, 0.15) is 29.6 Å². The molecule has 0 fully saturated rings. The third-order valence-corrected chi connectivity index (χ3v) is 3.27. The molecule has 2 amide bonds. The molecule has 1 aromatic rings. The lowest BCUT2D eigenvalue weighted by Gasteiger charge is -2.18. The summed E-state index contributed by atoms with van der Waals surface area (Å²) in [6.45, 7) is 0.720. The highest BCUT2D eigenvalue weighted by molar-refractivity contribution is 6.34. The van der Waals surface area contributed by atoms with Gasteiger partial charge in [0.15, 0.2) is 0 Å². The van der Waals surface area contributed by atoms with Gasteiger partial charge in [-0.2, -0.15) is 0 Å². The number of aromatic carboxylic acids is 1. The predicted molar refractivity (Wildman–Crippen MR) is 81.0 cm³/mol. The number of hydrogen-bond acceptors (Lipinski definition) is 3. The summed E-state index contributed by atoms with van der Waals surface area (Å²) in [6.07, 6.45) is 2.37. The average molecular weight is 315 g/mol. The predicted octanol–water partition coefficient (Wildman–Crippen LogP) is 2.66. The summed E-state index contributed by atoms with van der Waals surface area (Å²) in [7, 11) is 1.66. The number of halogens is 1. The standard InChI is InChI=1S/C14H19ClN2O4/c1-17(7-3-2-4-8-18)14(21)16-12-6-5-10(13(19)20)9-11(12)15/h5-6,9,18H,2-4,7-8H2,1H3,(H,16,21)(H,19,20). The van der Waals surface area contributed by atoms with Crippen molar-refractivity contribution in [3.8, 4) is 0 Å². The number of carbonyl (C=O) groups excluding carboxylic acids is 1. The van der Waals surface area contributed by atoms with Crippen LogP contribution in [0, 0.1) is 0 Å². The number of anilines is 1. The Morgan fingerprint density at radius 2 is 2.00 bits per heavy atom. The van der Waals surface area contributed by atoms with E-state index in [0.29, 0.717) is 12.2 Å². The summed E-state index contributed by atoms with van der Waals surface area (Å²) < 4.78 is 0. The maximum absolute atomic E-state index is 11.9. The molecule has 0 aliphatic carbocycles. The number of urea groups is 1. The van der Waals surface area contributed by atoms with Crippen LogP contribution in [0.15, 0.2) is 18.2 Å². The van der Waals surface area contributed by atoms with Gasteiger partial charge in [-0.1, -0.05) is 11.6 Å². The lowest BCUT2D eigenvalue weighted by atomic mass is 10.2. The number of aliphatic hydroxyl groups excluding tert-OH is 1. The fourth-order valence-electron chi connectivity index (χ4n) is 1.70. The van der Waals surface area contributed by atoms with Gasteiger partial charge in [0.2, 0.25) is 0 Å². The van der Waals surface area contributed by atoms with E-state index in [-0.39, 0.29) is 23.2 Å². The van der Waals surface area contributed by atoms with Crippen LogP contribution in [0.3, 0.4) is 0 Å². The number of nitrogens with zero attached hydrogens (tertiary/aromatic N) is 1. The van der Waals surface area contributed by atoms with Gasteiger partial charge in [0.1, 0.15) is 0 Å². The minimum Gasteiger partial charge on any atom is -0.478 e. The Labute approximate surface area is 128 Å². The van der Waals surface area contributed by atoms with Crippen molar-refractivity contribution in [2.75, 3.05) is 25.5 Å². The smallest absolute Gasteiger partial charge is 0.335 e. The number of amides is 2. The Bertz CT molecular complexity index is 508. The van der Waals surface area contributed by atoms with Crippen molar-refractivity contribution in [2.45, 2.75) is 19.3 Å². The Morgan fingerprint density at radius 1 is 1.29 bits per heavy atom. The van der Waals surface area contributed by atoms with E-state index in [0.717, 1.165) is 19.3 Å². The van der Waals surface area contributed by atoms with Crippen LogP contribution in [-0.4, -0.2) is 47.3 Å². The monoisotopic (exact) mass is 314 g/mol. The quantitative estimate of drug-likeness (QED) is 0.675. The molecule has 0 unspecified atom stereocenters. The Hall–Kier alpha value is -1.79. The molecule has 21 heavy (non-hydrogen) atoms. The minimum absolute atomic E-state index is 0.0651. The van der Waals surface area contributed by atoms with Gasteiger partial charge in [-0.25, -0.2) is 9.59 Å². The largest absolute Gasteiger partial charge is 0.478 e. The Kier molecular flexibility index (Phi) is 6.98. The SMILES string of the molecule is CN(CCCCCO)C(=O)Nc1ccc(C(=O)O)cc1Cl. The number of nitrogens with one attached hydrogen (secondary N) is 1. The Balaban J connectivity index is 2.56. The first-order valence-electron chi connectivity index (χ1n) is 6.61. The van der Waals surface area contributed by atoms with Gasteiger partial charge in [0.25, 0.3) is 0 Å². The number of benzene rings is 1. The normalized spacial score (nSPS) is 10.2.